The highest BCUT2D eigenvalue weighted by molar-refractivity contribution is 5.85. The molecular formula is C16H27ClN2O. The third-order valence-corrected chi connectivity index (χ3v) is 3.82. The van der Waals surface area contributed by atoms with E-state index >= 15 is 0 Å². The SMILES string of the molecule is CCCOc1cccc(CN2CCC(CN)CC2)c1.Cl. The van der Waals surface area contributed by atoms with Crippen molar-refractivity contribution in [1.82, 2.24) is 4.90 Å². The van der Waals surface area contributed by atoms with Crippen molar-refractivity contribution >= 4 is 12.4 Å². The molecule has 0 aromatic heterocycles. The van der Waals surface area contributed by atoms with Crippen LogP contribution >= 0.6 is 12.4 Å². The molecule has 3 nitrogen and oxygen atoms in total. The first-order valence-corrected chi connectivity index (χ1v) is 7.46. The van der Waals surface area contributed by atoms with Crippen LogP contribution in [0.4, 0.5) is 0 Å². The van der Waals surface area contributed by atoms with Crippen molar-refractivity contribution in [2.24, 2.45) is 11.7 Å². The van der Waals surface area contributed by atoms with E-state index in [1.807, 2.05) is 6.07 Å². The lowest BCUT2D eigenvalue weighted by Crippen LogP contribution is -2.35. The molecule has 1 heterocycles. The van der Waals surface area contributed by atoms with Gasteiger partial charge in [-0.15, -0.1) is 12.4 Å². The second-order valence-corrected chi connectivity index (χ2v) is 5.45. The highest BCUT2D eigenvalue weighted by Gasteiger charge is 2.17. The Labute approximate surface area is 128 Å². The van der Waals surface area contributed by atoms with Gasteiger partial charge in [-0.2, -0.15) is 0 Å². The predicted molar refractivity (Wildman–Crippen MR) is 86.5 cm³/mol. The normalized spacial score (nSPS) is 16.7. The fourth-order valence-electron chi connectivity index (χ4n) is 2.59. The highest BCUT2D eigenvalue weighted by atomic mass is 35.5. The zero-order valence-electron chi connectivity index (χ0n) is 12.4. The van der Waals surface area contributed by atoms with Crippen LogP contribution in [0.2, 0.25) is 0 Å². The summed E-state index contributed by atoms with van der Waals surface area (Å²) in [5, 5.41) is 0. The Morgan fingerprint density at radius 2 is 2.05 bits per heavy atom. The molecule has 0 unspecified atom stereocenters. The maximum absolute atomic E-state index is 5.73. The molecule has 20 heavy (non-hydrogen) atoms. The lowest BCUT2D eigenvalue weighted by molar-refractivity contribution is 0.180. The molecule has 0 amide bonds. The van der Waals surface area contributed by atoms with E-state index in [1.165, 1.54) is 31.5 Å². The molecule has 1 aromatic rings. The van der Waals surface area contributed by atoms with Gasteiger partial charge in [0.15, 0.2) is 0 Å². The smallest absolute Gasteiger partial charge is 0.119 e. The Kier molecular flexibility index (Phi) is 7.97. The van der Waals surface area contributed by atoms with Gasteiger partial charge in [0.05, 0.1) is 6.61 Å². The van der Waals surface area contributed by atoms with E-state index in [0.29, 0.717) is 0 Å². The van der Waals surface area contributed by atoms with Crippen molar-refractivity contribution in [3.8, 4) is 5.75 Å². The molecule has 0 atom stereocenters. The first-order chi connectivity index (χ1) is 9.31. The van der Waals surface area contributed by atoms with Gasteiger partial charge in [0.25, 0.3) is 0 Å². The summed E-state index contributed by atoms with van der Waals surface area (Å²) in [6.07, 6.45) is 3.53. The molecule has 1 aliphatic heterocycles. The maximum atomic E-state index is 5.73. The zero-order chi connectivity index (χ0) is 13.5. The predicted octanol–water partition coefficient (Wildman–Crippen LogP) is 3.07. The molecule has 0 aliphatic carbocycles. The van der Waals surface area contributed by atoms with Crippen LogP contribution in [0.3, 0.4) is 0 Å². The van der Waals surface area contributed by atoms with Crippen molar-refractivity contribution in [1.29, 1.82) is 0 Å². The topological polar surface area (TPSA) is 38.5 Å². The third kappa shape index (κ3) is 5.31. The molecule has 2 N–H and O–H groups in total. The van der Waals surface area contributed by atoms with Crippen LogP contribution in [-0.4, -0.2) is 31.1 Å². The molecule has 0 radical (unpaired) electrons. The van der Waals surface area contributed by atoms with Gasteiger partial charge in [-0.25, -0.2) is 0 Å². The van der Waals surface area contributed by atoms with Gasteiger partial charge < -0.3 is 10.5 Å². The Hall–Kier alpha value is -0.770. The van der Waals surface area contributed by atoms with Crippen LogP contribution in [0, 0.1) is 5.92 Å². The van der Waals surface area contributed by atoms with E-state index in [-0.39, 0.29) is 12.4 Å². The Morgan fingerprint density at radius 1 is 1.30 bits per heavy atom. The minimum atomic E-state index is 0. The second-order valence-electron chi connectivity index (χ2n) is 5.45. The van der Waals surface area contributed by atoms with Gasteiger partial charge in [-0.05, 0) is 62.5 Å². The van der Waals surface area contributed by atoms with E-state index in [2.05, 4.69) is 30.0 Å². The number of ether oxygens (including phenoxy) is 1. The fourth-order valence-corrected chi connectivity index (χ4v) is 2.59. The average Bonchev–Trinajstić information content (AvgIpc) is 2.46. The van der Waals surface area contributed by atoms with Gasteiger partial charge in [-0.1, -0.05) is 19.1 Å². The van der Waals surface area contributed by atoms with Gasteiger partial charge in [0, 0.05) is 6.54 Å². The number of nitrogens with zero attached hydrogens (tertiary/aromatic N) is 1. The van der Waals surface area contributed by atoms with Crippen molar-refractivity contribution in [3.63, 3.8) is 0 Å². The number of hydrogen-bond acceptors (Lipinski definition) is 3. The van der Waals surface area contributed by atoms with Gasteiger partial charge >= 0.3 is 0 Å². The number of benzene rings is 1. The summed E-state index contributed by atoms with van der Waals surface area (Å²) < 4.78 is 5.68. The van der Waals surface area contributed by atoms with Crippen LogP contribution in [0.5, 0.6) is 5.75 Å². The monoisotopic (exact) mass is 298 g/mol. The van der Waals surface area contributed by atoms with E-state index < -0.39 is 0 Å². The molecule has 0 bridgehead atoms. The summed E-state index contributed by atoms with van der Waals surface area (Å²) >= 11 is 0. The lowest BCUT2D eigenvalue weighted by Gasteiger charge is -2.31. The molecule has 1 fully saturated rings. The summed E-state index contributed by atoms with van der Waals surface area (Å²) in [4.78, 5) is 2.52. The van der Waals surface area contributed by atoms with Crippen LogP contribution in [0.1, 0.15) is 31.7 Å². The summed E-state index contributed by atoms with van der Waals surface area (Å²) in [5.74, 6) is 1.73. The third-order valence-electron chi connectivity index (χ3n) is 3.82. The van der Waals surface area contributed by atoms with Crippen molar-refractivity contribution in [2.75, 3.05) is 26.2 Å². The largest absolute Gasteiger partial charge is 0.494 e. The van der Waals surface area contributed by atoms with Crippen LogP contribution in [0.15, 0.2) is 24.3 Å². The van der Waals surface area contributed by atoms with Crippen LogP contribution in [0.25, 0.3) is 0 Å². The minimum Gasteiger partial charge on any atom is -0.494 e. The number of rotatable bonds is 6. The number of halogens is 1. The molecular weight excluding hydrogens is 272 g/mol. The van der Waals surface area contributed by atoms with Crippen LogP contribution < -0.4 is 10.5 Å². The summed E-state index contributed by atoms with van der Waals surface area (Å²) in [5.41, 5.74) is 7.08. The van der Waals surface area contributed by atoms with Gasteiger partial charge in [-0.3, -0.25) is 4.90 Å². The van der Waals surface area contributed by atoms with E-state index in [1.54, 1.807) is 0 Å². The maximum Gasteiger partial charge on any atom is 0.119 e. The molecule has 0 spiro atoms. The van der Waals surface area contributed by atoms with Gasteiger partial charge in [0.1, 0.15) is 5.75 Å². The molecule has 0 saturated carbocycles. The Balaban J connectivity index is 0.00000200. The summed E-state index contributed by atoms with van der Waals surface area (Å²) in [6.45, 7) is 7.13. The molecule has 2 rings (SSSR count). The van der Waals surface area contributed by atoms with Gasteiger partial charge in [0.2, 0.25) is 0 Å². The van der Waals surface area contributed by atoms with Crippen LogP contribution in [-0.2, 0) is 6.54 Å². The lowest BCUT2D eigenvalue weighted by atomic mass is 9.97. The van der Waals surface area contributed by atoms with E-state index in [0.717, 1.165) is 37.8 Å². The van der Waals surface area contributed by atoms with E-state index in [4.69, 9.17) is 10.5 Å². The van der Waals surface area contributed by atoms with Crippen molar-refractivity contribution in [2.45, 2.75) is 32.7 Å². The molecule has 114 valence electrons. The van der Waals surface area contributed by atoms with Crippen molar-refractivity contribution < 1.29 is 4.74 Å². The molecule has 1 aromatic carbocycles. The zero-order valence-corrected chi connectivity index (χ0v) is 13.2. The first kappa shape index (κ1) is 17.3. The Bertz CT molecular complexity index is 378. The van der Waals surface area contributed by atoms with Crippen molar-refractivity contribution in [3.05, 3.63) is 29.8 Å². The van der Waals surface area contributed by atoms with E-state index in [9.17, 15) is 0 Å². The fraction of sp³-hybridized carbons (Fsp3) is 0.625. The molecule has 1 saturated heterocycles. The summed E-state index contributed by atoms with van der Waals surface area (Å²) in [7, 11) is 0. The number of nitrogens with two attached hydrogens (primary N) is 1. The molecule has 1 aliphatic rings. The average molecular weight is 299 g/mol. The highest BCUT2D eigenvalue weighted by Crippen LogP contribution is 2.20. The summed E-state index contributed by atoms with van der Waals surface area (Å²) in [6, 6.07) is 8.49. The first-order valence-electron chi connectivity index (χ1n) is 7.46. The Morgan fingerprint density at radius 3 is 2.70 bits per heavy atom. The quantitative estimate of drug-likeness (QED) is 0.877. The number of piperidine rings is 1. The second kappa shape index (κ2) is 9.22. The molecule has 4 heteroatoms. The standard InChI is InChI=1S/C16H26N2O.ClH/c1-2-10-19-16-5-3-4-15(11-16)13-18-8-6-14(12-17)7-9-18;/h3-5,11,14H,2,6-10,12-13,17H2,1H3;1H. The number of hydrogen-bond donors (Lipinski definition) is 1. The number of likely N-dealkylation sites (tertiary alicyclic amines) is 1. The minimum absolute atomic E-state index is 0.